The quantitative estimate of drug-likeness (QED) is 0.625. The fourth-order valence-electron chi connectivity index (χ4n) is 2.11. The first-order chi connectivity index (χ1) is 9.91. The van der Waals surface area contributed by atoms with Crippen molar-refractivity contribution in [3.05, 3.63) is 17.5 Å². The summed E-state index contributed by atoms with van der Waals surface area (Å²) in [4.78, 5) is 0. The van der Waals surface area contributed by atoms with Crippen LogP contribution in [0.2, 0.25) is 0 Å². The van der Waals surface area contributed by atoms with Crippen molar-refractivity contribution in [3.8, 4) is 0 Å². The van der Waals surface area contributed by atoms with E-state index in [1.807, 2.05) is 6.92 Å². The van der Waals surface area contributed by atoms with Gasteiger partial charge in [0.05, 0.1) is 0 Å². The van der Waals surface area contributed by atoms with Crippen molar-refractivity contribution in [1.82, 2.24) is 20.4 Å². The molecule has 118 valence electrons. The molecular weight excluding hydrogens is 301 g/mol. The van der Waals surface area contributed by atoms with E-state index in [1.165, 1.54) is 10.7 Å². The number of aryl methyl sites for hydroxylation is 1. The average molecular weight is 320 g/mol. The topological polar surface area (TPSA) is 41.9 Å². The van der Waals surface area contributed by atoms with Crippen LogP contribution < -0.4 is 10.6 Å². The molecule has 0 unspecified atom stereocenters. The Morgan fingerprint density at radius 2 is 2.14 bits per heavy atom. The molecule has 0 saturated heterocycles. The van der Waals surface area contributed by atoms with Crippen LogP contribution in [0.5, 0.6) is 0 Å². The molecule has 1 saturated carbocycles. The standard InChI is InChI=1S/C13H19F3N4S/c1-2-17-12(21)18-6-3-7-20-10(9-4-5-9)8-11(19-20)13(14,15)16/h8-9H,2-7H2,1H3,(H2,17,18,21). The molecule has 0 atom stereocenters. The van der Waals surface area contributed by atoms with Gasteiger partial charge in [-0.1, -0.05) is 0 Å². The van der Waals surface area contributed by atoms with Crippen LogP contribution in [0, 0.1) is 0 Å². The first kappa shape index (κ1) is 16.1. The monoisotopic (exact) mass is 320 g/mol. The van der Waals surface area contributed by atoms with E-state index in [-0.39, 0.29) is 5.92 Å². The molecule has 0 radical (unpaired) electrons. The zero-order valence-corrected chi connectivity index (χ0v) is 12.7. The molecule has 4 nitrogen and oxygen atoms in total. The van der Waals surface area contributed by atoms with Gasteiger partial charge in [-0.2, -0.15) is 18.3 Å². The average Bonchev–Trinajstić information content (AvgIpc) is 3.14. The molecule has 1 aromatic rings. The van der Waals surface area contributed by atoms with Gasteiger partial charge in [-0.25, -0.2) is 0 Å². The lowest BCUT2D eigenvalue weighted by Gasteiger charge is -2.10. The summed E-state index contributed by atoms with van der Waals surface area (Å²) in [6, 6.07) is 1.19. The minimum Gasteiger partial charge on any atom is -0.363 e. The molecule has 1 heterocycles. The lowest BCUT2D eigenvalue weighted by molar-refractivity contribution is -0.141. The maximum Gasteiger partial charge on any atom is 0.435 e. The third-order valence-electron chi connectivity index (χ3n) is 3.27. The van der Waals surface area contributed by atoms with Crippen molar-refractivity contribution >= 4 is 17.3 Å². The van der Waals surface area contributed by atoms with Crippen molar-refractivity contribution < 1.29 is 13.2 Å². The van der Waals surface area contributed by atoms with Crippen molar-refractivity contribution in [3.63, 3.8) is 0 Å². The van der Waals surface area contributed by atoms with Crippen LogP contribution in [0.25, 0.3) is 0 Å². The van der Waals surface area contributed by atoms with Gasteiger partial charge in [-0.15, -0.1) is 0 Å². The molecule has 21 heavy (non-hydrogen) atoms. The fourth-order valence-corrected chi connectivity index (χ4v) is 2.36. The van der Waals surface area contributed by atoms with Crippen molar-refractivity contribution in [2.24, 2.45) is 0 Å². The number of rotatable bonds is 6. The summed E-state index contributed by atoms with van der Waals surface area (Å²) < 4.78 is 39.7. The highest BCUT2D eigenvalue weighted by Gasteiger charge is 2.37. The molecule has 2 rings (SSSR count). The second-order valence-corrected chi connectivity index (χ2v) is 5.50. The van der Waals surface area contributed by atoms with Crippen LogP contribution in [-0.4, -0.2) is 28.0 Å². The Labute approximate surface area is 127 Å². The van der Waals surface area contributed by atoms with Gasteiger partial charge in [0.2, 0.25) is 0 Å². The summed E-state index contributed by atoms with van der Waals surface area (Å²) in [5.74, 6) is 0.240. The van der Waals surface area contributed by atoms with E-state index >= 15 is 0 Å². The second-order valence-electron chi connectivity index (χ2n) is 5.09. The molecule has 8 heteroatoms. The Morgan fingerprint density at radius 3 is 2.71 bits per heavy atom. The number of nitrogens with one attached hydrogen (secondary N) is 2. The molecule has 2 N–H and O–H groups in total. The van der Waals surface area contributed by atoms with Gasteiger partial charge >= 0.3 is 6.18 Å². The summed E-state index contributed by atoms with van der Waals surface area (Å²) in [5, 5.41) is 10.2. The molecule has 0 spiro atoms. The predicted molar refractivity (Wildman–Crippen MR) is 78.1 cm³/mol. The van der Waals surface area contributed by atoms with Gasteiger partial charge in [-0.05, 0) is 44.5 Å². The molecule has 1 aliphatic carbocycles. The van der Waals surface area contributed by atoms with Crippen LogP contribution in [-0.2, 0) is 12.7 Å². The van der Waals surface area contributed by atoms with Gasteiger partial charge in [-0.3, -0.25) is 4.68 Å². The highest BCUT2D eigenvalue weighted by atomic mass is 32.1. The number of hydrogen-bond acceptors (Lipinski definition) is 2. The number of halogens is 3. The lowest BCUT2D eigenvalue weighted by Crippen LogP contribution is -2.35. The molecule has 1 fully saturated rings. The zero-order valence-electron chi connectivity index (χ0n) is 11.8. The number of alkyl halides is 3. The molecule has 0 bridgehead atoms. The zero-order chi connectivity index (χ0) is 15.5. The summed E-state index contributed by atoms with van der Waals surface area (Å²) in [6.45, 7) is 3.75. The predicted octanol–water partition coefficient (Wildman–Crippen LogP) is 2.65. The van der Waals surface area contributed by atoms with Gasteiger partial charge in [0.15, 0.2) is 10.8 Å². The van der Waals surface area contributed by atoms with E-state index in [4.69, 9.17) is 12.2 Å². The largest absolute Gasteiger partial charge is 0.435 e. The van der Waals surface area contributed by atoms with Crippen molar-refractivity contribution in [2.45, 2.75) is 44.8 Å². The van der Waals surface area contributed by atoms with Crippen LogP contribution in [0.3, 0.4) is 0 Å². The third-order valence-corrected chi connectivity index (χ3v) is 3.56. The Kier molecular flexibility index (Phi) is 5.08. The van der Waals surface area contributed by atoms with E-state index in [0.29, 0.717) is 30.3 Å². The van der Waals surface area contributed by atoms with Gasteiger partial charge in [0, 0.05) is 31.2 Å². The maximum atomic E-state index is 12.7. The molecular formula is C13H19F3N4S. The lowest BCUT2D eigenvalue weighted by atomic mass is 10.2. The molecule has 1 aromatic heterocycles. The van der Waals surface area contributed by atoms with Crippen molar-refractivity contribution in [1.29, 1.82) is 0 Å². The van der Waals surface area contributed by atoms with Gasteiger partial charge < -0.3 is 10.6 Å². The Balaban J connectivity index is 1.90. The minimum absolute atomic E-state index is 0.240. The molecule has 1 aliphatic rings. The fraction of sp³-hybridized carbons (Fsp3) is 0.692. The van der Waals surface area contributed by atoms with E-state index < -0.39 is 11.9 Å². The molecule has 0 aliphatic heterocycles. The van der Waals surface area contributed by atoms with Crippen LogP contribution in [0.4, 0.5) is 13.2 Å². The third kappa shape index (κ3) is 4.59. The highest BCUT2D eigenvalue weighted by Crippen LogP contribution is 2.42. The number of nitrogens with zero attached hydrogens (tertiary/aromatic N) is 2. The highest BCUT2D eigenvalue weighted by molar-refractivity contribution is 7.80. The molecule has 0 aromatic carbocycles. The van der Waals surface area contributed by atoms with E-state index in [0.717, 1.165) is 19.4 Å². The number of aromatic nitrogens is 2. The summed E-state index contributed by atoms with van der Waals surface area (Å²) in [5.41, 5.74) is -0.0860. The number of thiocarbonyl (C=S) groups is 1. The SMILES string of the molecule is CCNC(=S)NCCCn1nc(C(F)(F)F)cc1C1CC1. The van der Waals surface area contributed by atoms with E-state index in [2.05, 4.69) is 15.7 Å². The Bertz CT molecular complexity index is 494. The number of hydrogen-bond donors (Lipinski definition) is 2. The second kappa shape index (κ2) is 6.64. The summed E-state index contributed by atoms with van der Waals surface area (Å²) >= 11 is 5.02. The van der Waals surface area contributed by atoms with E-state index in [9.17, 15) is 13.2 Å². The van der Waals surface area contributed by atoms with E-state index in [1.54, 1.807) is 0 Å². The van der Waals surface area contributed by atoms with Gasteiger partial charge in [0.25, 0.3) is 0 Å². The smallest absolute Gasteiger partial charge is 0.363 e. The first-order valence-electron chi connectivity index (χ1n) is 7.08. The summed E-state index contributed by atoms with van der Waals surface area (Å²) in [7, 11) is 0. The van der Waals surface area contributed by atoms with Crippen LogP contribution >= 0.6 is 12.2 Å². The van der Waals surface area contributed by atoms with Crippen LogP contribution in [0.15, 0.2) is 6.07 Å². The minimum atomic E-state index is -4.38. The van der Waals surface area contributed by atoms with Crippen molar-refractivity contribution in [2.75, 3.05) is 13.1 Å². The summed E-state index contributed by atoms with van der Waals surface area (Å²) in [6.07, 6.45) is -1.80. The molecule has 0 amide bonds. The first-order valence-corrected chi connectivity index (χ1v) is 7.49. The van der Waals surface area contributed by atoms with Gasteiger partial charge in [0.1, 0.15) is 0 Å². The normalized spacial score (nSPS) is 15.0. The maximum absolute atomic E-state index is 12.7. The Hall–Kier alpha value is -1.31. The Morgan fingerprint density at radius 1 is 1.43 bits per heavy atom. The van der Waals surface area contributed by atoms with Crippen LogP contribution in [0.1, 0.15) is 43.5 Å².